The van der Waals surface area contributed by atoms with E-state index in [9.17, 15) is 14.4 Å². The van der Waals surface area contributed by atoms with E-state index in [0.717, 1.165) is 12.8 Å². The number of fused-ring (bicyclic) bond motifs is 1. The minimum atomic E-state index is -0.693. The summed E-state index contributed by atoms with van der Waals surface area (Å²) in [6.45, 7) is 0. The maximum atomic E-state index is 12.4. The van der Waals surface area contributed by atoms with Crippen molar-refractivity contribution in [2.24, 2.45) is 0 Å². The molecule has 2 N–H and O–H groups in total. The molecule has 1 aromatic heterocycles. The second-order valence-electron chi connectivity index (χ2n) is 6.26. The first-order valence-electron chi connectivity index (χ1n) is 8.35. The molecule has 26 heavy (non-hydrogen) atoms. The molecule has 6 nitrogen and oxygen atoms in total. The molecule has 1 fully saturated rings. The zero-order valence-corrected chi connectivity index (χ0v) is 13.8. The van der Waals surface area contributed by atoms with Gasteiger partial charge in [-0.25, -0.2) is 4.79 Å². The van der Waals surface area contributed by atoms with Gasteiger partial charge in [0.1, 0.15) is 11.1 Å². The molecular weight excluding hydrogens is 332 g/mol. The van der Waals surface area contributed by atoms with E-state index in [1.54, 1.807) is 48.5 Å². The predicted molar refractivity (Wildman–Crippen MR) is 97.4 cm³/mol. The van der Waals surface area contributed by atoms with Crippen molar-refractivity contribution in [3.8, 4) is 0 Å². The van der Waals surface area contributed by atoms with Gasteiger partial charge in [0, 0.05) is 22.7 Å². The smallest absolute Gasteiger partial charge is 0.349 e. The Hall–Kier alpha value is -3.41. The predicted octanol–water partition coefficient (Wildman–Crippen LogP) is 2.94. The second kappa shape index (κ2) is 6.48. The Labute approximate surface area is 148 Å². The molecule has 0 unspecified atom stereocenters. The molecule has 4 rings (SSSR count). The fourth-order valence-corrected chi connectivity index (χ4v) is 2.62. The molecule has 0 saturated heterocycles. The number of amides is 2. The standard InChI is InChI=1S/C20H16N2O4/c23-18(21-15-9-10-15)12-5-7-14(8-6-12)22-19(24)16-11-13-3-1-2-4-17(13)26-20(16)25/h1-8,11,15H,9-10H2,(H,21,23)(H,22,24). The van der Waals surface area contributed by atoms with E-state index in [0.29, 0.717) is 22.2 Å². The van der Waals surface area contributed by atoms with Crippen LogP contribution < -0.4 is 16.3 Å². The SMILES string of the molecule is O=C(NC1CC1)c1ccc(NC(=O)c2cc3ccccc3oc2=O)cc1. The first-order valence-corrected chi connectivity index (χ1v) is 8.35. The fourth-order valence-electron chi connectivity index (χ4n) is 2.62. The Morgan fingerprint density at radius 1 is 0.962 bits per heavy atom. The highest BCUT2D eigenvalue weighted by Crippen LogP contribution is 2.20. The maximum absolute atomic E-state index is 12.4. The Morgan fingerprint density at radius 3 is 2.42 bits per heavy atom. The van der Waals surface area contributed by atoms with E-state index in [2.05, 4.69) is 10.6 Å². The van der Waals surface area contributed by atoms with Crippen LogP contribution in [0.4, 0.5) is 5.69 Å². The van der Waals surface area contributed by atoms with Crippen molar-refractivity contribution in [2.45, 2.75) is 18.9 Å². The Morgan fingerprint density at radius 2 is 1.69 bits per heavy atom. The summed E-state index contributed by atoms with van der Waals surface area (Å²) in [5, 5.41) is 6.22. The molecule has 0 aliphatic heterocycles. The van der Waals surface area contributed by atoms with Crippen molar-refractivity contribution in [1.29, 1.82) is 0 Å². The number of carbonyl (C=O) groups is 2. The van der Waals surface area contributed by atoms with Gasteiger partial charge in [-0.15, -0.1) is 0 Å². The second-order valence-corrected chi connectivity index (χ2v) is 6.26. The van der Waals surface area contributed by atoms with Crippen molar-refractivity contribution in [3.05, 3.63) is 76.1 Å². The van der Waals surface area contributed by atoms with E-state index >= 15 is 0 Å². The van der Waals surface area contributed by atoms with E-state index in [1.165, 1.54) is 6.07 Å². The van der Waals surface area contributed by atoms with Crippen LogP contribution in [0.3, 0.4) is 0 Å². The summed E-state index contributed by atoms with van der Waals surface area (Å²) in [5.41, 5.74) is 0.687. The number of carbonyl (C=O) groups excluding carboxylic acids is 2. The normalized spacial score (nSPS) is 13.4. The Bertz CT molecular complexity index is 1050. The number of hydrogen-bond acceptors (Lipinski definition) is 4. The summed E-state index contributed by atoms with van der Waals surface area (Å²) >= 11 is 0. The number of hydrogen-bond donors (Lipinski definition) is 2. The molecule has 1 aliphatic rings. The lowest BCUT2D eigenvalue weighted by atomic mass is 10.1. The average molecular weight is 348 g/mol. The van der Waals surface area contributed by atoms with Gasteiger partial charge in [-0.2, -0.15) is 0 Å². The molecule has 0 bridgehead atoms. The number of para-hydroxylation sites is 1. The molecule has 2 amide bonds. The summed E-state index contributed by atoms with van der Waals surface area (Å²) in [6, 6.07) is 15.3. The van der Waals surface area contributed by atoms with Gasteiger partial charge < -0.3 is 15.1 Å². The quantitative estimate of drug-likeness (QED) is 0.710. The fraction of sp³-hybridized carbons (Fsp3) is 0.150. The van der Waals surface area contributed by atoms with Crippen molar-refractivity contribution >= 4 is 28.5 Å². The molecule has 0 radical (unpaired) electrons. The van der Waals surface area contributed by atoms with Crippen LogP contribution in [-0.2, 0) is 0 Å². The molecule has 1 saturated carbocycles. The highest BCUT2D eigenvalue weighted by atomic mass is 16.4. The Kier molecular flexibility index (Phi) is 4.01. The molecule has 1 heterocycles. The molecule has 0 atom stereocenters. The minimum Gasteiger partial charge on any atom is -0.422 e. The van der Waals surface area contributed by atoms with Crippen LogP contribution in [0, 0.1) is 0 Å². The number of benzene rings is 2. The monoisotopic (exact) mass is 348 g/mol. The third-order valence-electron chi connectivity index (χ3n) is 4.20. The van der Waals surface area contributed by atoms with Gasteiger partial charge in [0.15, 0.2) is 0 Å². The van der Waals surface area contributed by atoms with Crippen LogP contribution >= 0.6 is 0 Å². The van der Waals surface area contributed by atoms with Gasteiger partial charge in [-0.3, -0.25) is 9.59 Å². The summed E-state index contributed by atoms with van der Waals surface area (Å²) in [6.07, 6.45) is 2.04. The van der Waals surface area contributed by atoms with Crippen LogP contribution in [0.2, 0.25) is 0 Å². The van der Waals surface area contributed by atoms with Gasteiger partial charge in [-0.1, -0.05) is 18.2 Å². The summed E-state index contributed by atoms with van der Waals surface area (Å²) in [4.78, 5) is 36.4. The number of rotatable bonds is 4. The van der Waals surface area contributed by atoms with Crippen LogP contribution in [-0.4, -0.2) is 17.9 Å². The van der Waals surface area contributed by atoms with Crippen molar-refractivity contribution in [2.75, 3.05) is 5.32 Å². The van der Waals surface area contributed by atoms with E-state index in [4.69, 9.17) is 4.42 Å². The molecule has 130 valence electrons. The molecule has 1 aliphatic carbocycles. The largest absolute Gasteiger partial charge is 0.422 e. The number of nitrogens with one attached hydrogen (secondary N) is 2. The van der Waals surface area contributed by atoms with Gasteiger partial charge in [0.05, 0.1) is 0 Å². The third kappa shape index (κ3) is 3.35. The summed E-state index contributed by atoms with van der Waals surface area (Å²) in [5.74, 6) is -0.680. The van der Waals surface area contributed by atoms with Gasteiger partial charge in [0.2, 0.25) is 0 Å². The Balaban J connectivity index is 1.51. The minimum absolute atomic E-state index is 0.0701. The van der Waals surface area contributed by atoms with Crippen molar-refractivity contribution < 1.29 is 14.0 Å². The van der Waals surface area contributed by atoms with Crippen molar-refractivity contribution in [1.82, 2.24) is 5.32 Å². The van der Waals surface area contributed by atoms with Crippen LogP contribution in [0.25, 0.3) is 11.0 Å². The van der Waals surface area contributed by atoms with Crippen molar-refractivity contribution in [3.63, 3.8) is 0 Å². The maximum Gasteiger partial charge on any atom is 0.349 e. The van der Waals surface area contributed by atoms with Crippen LogP contribution in [0.5, 0.6) is 0 Å². The van der Waals surface area contributed by atoms with Gasteiger partial charge in [0.25, 0.3) is 11.8 Å². The van der Waals surface area contributed by atoms with Crippen LogP contribution in [0.15, 0.2) is 63.8 Å². The highest BCUT2D eigenvalue weighted by molar-refractivity contribution is 6.05. The summed E-state index contributed by atoms with van der Waals surface area (Å²) in [7, 11) is 0. The average Bonchev–Trinajstić information content (AvgIpc) is 3.45. The molecular formula is C20H16N2O4. The molecule has 6 heteroatoms. The van der Waals surface area contributed by atoms with E-state index < -0.39 is 11.5 Å². The van der Waals surface area contributed by atoms with E-state index in [1.807, 2.05) is 0 Å². The lowest BCUT2D eigenvalue weighted by Gasteiger charge is -2.07. The highest BCUT2D eigenvalue weighted by Gasteiger charge is 2.23. The molecule has 2 aromatic carbocycles. The van der Waals surface area contributed by atoms with Gasteiger partial charge >= 0.3 is 5.63 Å². The summed E-state index contributed by atoms with van der Waals surface area (Å²) < 4.78 is 5.18. The third-order valence-corrected chi connectivity index (χ3v) is 4.20. The topological polar surface area (TPSA) is 88.4 Å². The first kappa shape index (κ1) is 16.1. The lowest BCUT2D eigenvalue weighted by Crippen LogP contribution is -2.25. The molecule has 3 aromatic rings. The zero-order valence-electron chi connectivity index (χ0n) is 13.8. The van der Waals surface area contributed by atoms with E-state index in [-0.39, 0.29) is 17.5 Å². The number of anilines is 1. The zero-order chi connectivity index (χ0) is 18.1. The molecule has 0 spiro atoms. The van der Waals surface area contributed by atoms with Gasteiger partial charge in [-0.05, 0) is 49.2 Å². The lowest BCUT2D eigenvalue weighted by molar-refractivity contribution is 0.0950. The van der Waals surface area contributed by atoms with Crippen LogP contribution in [0.1, 0.15) is 33.6 Å². The first-order chi connectivity index (χ1) is 12.6.